The number of piperidine rings is 1. The number of H-pyrrole nitrogens is 1. The average Bonchev–Trinajstić information content (AvgIpc) is 3.36. The van der Waals surface area contributed by atoms with Gasteiger partial charge in [-0.25, -0.2) is 9.37 Å². The van der Waals surface area contributed by atoms with Crippen molar-refractivity contribution in [3.05, 3.63) is 77.4 Å². The van der Waals surface area contributed by atoms with Gasteiger partial charge >= 0.3 is 0 Å². The van der Waals surface area contributed by atoms with Crippen LogP contribution in [0.2, 0.25) is 0 Å². The number of nitrogens with zero attached hydrogens (tertiary/aromatic N) is 3. The summed E-state index contributed by atoms with van der Waals surface area (Å²) >= 11 is 0. The number of rotatable bonds is 6. The van der Waals surface area contributed by atoms with Gasteiger partial charge in [0, 0.05) is 37.3 Å². The van der Waals surface area contributed by atoms with Gasteiger partial charge in [0.05, 0.1) is 12.6 Å². The third kappa shape index (κ3) is 5.02. The van der Waals surface area contributed by atoms with Crippen LogP contribution in [0, 0.1) is 11.7 Å². The Bertz CT molecular complexity index is 1450. The van der Waals surface area contributed by atoms with E-state index in [2.05, 4.69) is 20.5 Å². The van der Waals surface area contributed by atoms with Gasteiger partial charge in [0.1, 0.15) is 11.4 Å². The number of likely N-dealkylation sites (tertiary alicyclic amines) is 1. The summed E-state index contributed by atoms with van der Waals surface area (Å²) in [5, 5.41) is 10.3. The van der Waals surface area contributed by atoms with Crippen molar-refractivity contribution in [3.63, 3.8) is 0 Å². The van der Waals surface area contributed by atoms with Crippen molar-refractivity contribution < 1.29 is 18.7 Å². The molecule has 190 valence electrons. The lowest BCUT2D eigenvalue weighted by molar-refractivity contribution is 0.0669. The molecule has 1 aliphatic heterocycles. The molecule has 2 amide bonds. The maximum atomic E-state index is 13.6. The van der Waals surface area contributed by atoms with Crippen molar-refractivity contribution in [1.29, 1.82) is 0 Å². The summed E-state index contributed by atoms with van der Waals surface area (Å²) in [6.45, 7) is 1.28. The molecule has 1 aliphatic rings. The molecule has 0 aliphatic carbocycles. The molecule has 4 aromatic rings. The van der Waals surface area contributed by atoms with Gasteiger partial charge in [-0.1, -0.05) is 18.2 Å². The summed E-state index contributed by atoms with van der Waals surface area (Å²) in [4.78, 5) is 31.9. The summed E-state index contributed by atoms with van der Waals surface area (Å²) < 4.78 is 18.7. The van der Waals surface area contributed by atoms with Gasteiger partial charge in [0.25, 0.3) is 11.8 Å². The first-order chi connectivity index (χ1) is 18.0. The van der Waals surface area contributed by atoms with E-state index in [9.17, 15) is 14.0 Å². The molecule has 2 N–H and O–H groups in total. The maximum Gasteiger partial charge on any atom is 0.272 e. The summed E-state index contributed by atoms with van der Waals surface area (Å²) in [5.41, 5.74) is 4.08. The normalized spacial score (nSPS) is 15.5. The number of carbonyl (C=O) groups excluding carboxylic acids is 2. The van der Waals surface area contributed by atoms with E-state index in [-0.39, 0.29) is 23.5 Å². The van der Waals surface area contributed by atoms with E-state index in [1.165, 1.54) is 19.2 Å². The lowest BCUT2D eigenvalue weighted by Gasteiger charge is -2.33. The van der Waals surface area contributed by atoms with E-state index in [1.807, 2.05) is 23.1 Å². The molecule has 0 saturated carbocycles. The third-order valence-electron chi connectivity index (χ3n) is 6.86. The zero-order valence-corrected chi connectivity index (χ0v) is 20.8. The number of fused-ring (bicyclic) bond motifs is 1. The lowest BCUT2D eigenvalue weighted by Crippen LogP contribution is -2.40. The Morgan fingerprint density at radius 1 is 1.16 bits per heavy atom. The number of carbonyl (C=O) groups is 2. The molecule has 37 heavy (non-hydrogen) atoms. The van der Waals surface area contributed by atoms with Crippen LogP contribution in [0.1, 0.15) is 39.3 Å². The van der Waals surface area contributed by atoms with Crippen LogP contribution in [0.3, 0.4) is 0 Å². The van der Waals surface area contributed by atoms with Crippen LogP contribution in [-0.4, -0.2) is 59.1 Å². The molecular weight excluding hydrogens is 473 g/mol. The fourth-order valence-corrected chi connectivity index (χ4v) is 4.96. The first kappa shape index (κ1) is 24.4. The van der Waals surface area contributed by atoms with Gasteiger partial charge in [0.15, 0.2) is 5.69 Å². The summed E-state index contributed by atoms with van der Waals surface area (Å²) in [7, 11) is 3.06. The Balaban J connectivity index is 1.39. The van der Waals surface area contributed by atoms with E-state index in [1.54, 1.807) is 31.4 Å². The molecule has 0 bridgehead atoms. The minimum Gasteiger partial charge on any atom is -0.480 e. The van der Waals surface area contributed by atoms with Crippen LogP contribution in [0.25, 0.3) is 22.0 Å². The Morgan fingerprint density at radius 3 is 2.73 bits per heavy atom. The Morgan fingerprint density at radius 2 is 1.97 bits per heavy atom. The Labute approximate surface area is 213 Å². The van der Waals surface area contributed by atoms with E-state index in [0.29, 0.717) is 41.2 Å². The molecule has 9 heteroatoms. The molecule has 0 spiro atoms. The van der Waals surface area contributed by atoms with Gasteiger partial charge in [-0.2, -0.15) is 5.10 Å². The first-order valence-corrected chi connectivity index (χ1v) is 12.2. The summed E-state index contributed by atoms with van der Waals surface area (Å²) in [6, 6.07) is 13.9. The van der Waals surface area contributed by atoms with Crippen molar-refractivity contribution >= 4 is 22.7 Å². The number of halogens is 1. The molecule has 1 atom stereocenters. The molecular formula is C28H28FN5O3. The van der Waals surface area contributed by atoms with E-state index in [0.717, 1.165) is 36.0 Å². The average molecular weight is 502 g/mol. The highest BCUT2D eigenvalue weighted by atomic mass is 19.1. The van der Waals surface area contributed by atoms with Gasteiger partial charge in [-0.3, -0.25) is 14.7 Å². The number of hydrogen-bond acceptors (Lipinski definition) is 5. The maximum absolute atomic E-state index is 13.6. The third-order valence-corrected chi connectivity index (χ3v) is 6.86. The number of hydrogen-bond donors (Lipinski definition) is 2. The second-order valence-corrected chi connectivity index (χ2v) is 9.28. The fraction of sp³-hybridized carbons (Fsp3) is 0.286. The second-order valence-electron chi connectivity index (χ2n) is 9.28. The Kier molecular flexibility index (Phi) is 6.85. The van der Waals surface area contributed by atoms with Crippen molar-refractivity contribution in [2.75, 3.05) is 27.2 Å². The molecule has 2 aromatic heterocycles. The Hall–Kier alpha value is -4.27. The number of benzene rings is 2. The number of ether oxygens (including phenoxy) is 1. The number of amides is 2. The van der Waals surface area contributed by atoms with Crippen LogP contribution >= 0.6 is 0 Å². The van der Waals surface area contributed by atoms with E-state index in [4.69, 9.17) is 4.74 Å². The van der Waals surface area contributed by atoms with Gasteiger partial charge in [-0.05, 0) is 66.6 Å². The predicted octanol–water partition coefficient (Wildman–Crippen LogP) is 4.23. The number of aromatic nitrogens is 3. The molecule has 1 fully saturated rings. The quantitative estimate of drug-likeness (QED) is 0.412. The SMILES string of the molecule is CNC(=O)c1n[nH]c2cc(-c3cnc(OC)c(C(=O)N4CCC[C@@H](Cc5ccc(F)cc5)C4)c3)ccc12. The highest BCUT2D eigenvalue weighted by Crippen LogP contribution is 2.30. The molecule has 5 rings (SSSR count). The lowest BCUT2D eigenvalue weighted by atomic mass is 9.91. The number of nitrogens with one attached hydrogen (secondary N) is 2. The first-order valence-electron chi connectivity index (χ1n) is 12.2. The van der Waals surface area contributed by atoms with Crippen molar-refractivity contribution in [3.8, 4) is 17.0 Å². The second kappa shape index (κ2) is 10.4. The zero-order chi connectivity index (χ0) is 25.9. The highest BCUT2D eigenvalue weighted by Gasteiger charge is 2.27. The van der Waals surface area contributed by atoms with Crippen molar-refractivity contribution in [2.24, 2.45) is 5.92 Å². The van der Waals surface area contributed by atoms with Crippen molar-refractivity contribution in [2.45, 2.75) is 19.3 Å². The number of methoxy groups -OCH3 is 1. The summed E-state index contributed by atoms with van der Waals surface area (Å²) in [5.74, 6) is -0.0689. The van der Waals surface area contributed by atoms with Gasteiger partial charge < -0.3 is 15.0 Å². The minimum absolute atomic E-state index is 0.125. The topological polar surface area (TPSA) is 100 Å². The number of aromatic amines is 1. The van der Waals surface area contributed by atoms with Crippen LogP contribution in [0.4, 0.5) is 4.39 Å². The van der Waals surface area contributed by atoms with Gasteiger partial charge in [-0.15, -0.1) is 0 Å². The minimum atomic E-state index is -0.266. The molecule has 1 saturated heterocycles. The molecule has 2 aromatic carbocycles. The zero-order valence-electron chi connectivity index (χ0n) is 20.8. The monoisotopic (exact) mass is 501 g/mol. The molecule has 3 heterocycles. The van der Waals surface area contributed by atoms with Crippen LogP contribution in [0.5, 0.6) is 5.88 Å². The van der Waals surface area contributed by atoms with Crippen LogP contribution < -0.4 is 10.1 Å². The fourth-order valence-electron chi connectivity index (χ4n) is 4.96. The van der Waals surface area contributed by atoms with E-state index < -0.39 is 0 Å². The van der Waals surface area contributed by atoms with Crippen molar-refractivity contribution in [1.82, 2.24) is 25.4 Å². The largest absolute Gasteiger partial charge is 0.480 e. The summed E-state index contributed by atoms with van der Waals surface area (Å²) in [6.07, 6.45) is 4.37. The highest BCUT2D eigenvalue weighted by molar-refractivity contribution is 6.05. The molecule has 8 nitrogen and oxygen atoms in total. The predicted molar refractivity (Wildman–Crippen MR) is 138 cm³/mol. The standard InChI is InChI=1S/C28H28FN5O3/c1-30-26(35)25-22-10-7-19(14-24(22)32-33-25)20-13-23(27(37-2)31-15-20)28(36)34-11-3-4-18(16-34)12-17-5-8-21(29)9-6-17/h5-10,13-15,18H,3-4,11-12,16H2,1-2H3,(H,30,35)(H,32,33)/t18-/m0/s1. The number of pyridine rings is 1. The van der Waals surface area contributed by atoms with Crippen LogP contribution in [0.15, 0.2) is 54.7 Å². The molecule has 0 radical (unpaired) electrons. The van der Waals surface area contributed by atoms with E-state index >= 15 is 0 Å². The van der Waals surface area contributed by atoms with Crippen LogP contribution in [-0.2, 0) is 6.42 Å². The smallest absolute Gasteiger partial charge is 0.272 e. The van der Waals surface area contributed by atoms with Gasteiger partial charge in [0.2, 0.25) is 5.88 Å². The molecule has 0 unspecified atom stereocenters.